The Hall–Kier alpha value is -10.5. The van der Waals surface area contributed by atoms with E-state index in [1.54, 1.807) is 0 Å². The molecule has 0 fully saturated rings. The Morgan fingerprint density at radius 1 is 0.259 bits per heavy atom. The van der Waals surface area contributed by atoms with Crippen molar-refractivity contribution in [3.05, 3.63) is 371 Å². The minimum absolute atomic E-state index is 0.163. The summed E-state index contributed by atoms with van der Waals surface area (Å²) in [5.74, 6) is 0. The zero-order chi connectivity index (χ0) is 56.4. The topological polar surface area (TPSA) is 8.17 Å². The molecule has 0 amide bonds. The molecule has 17 rings (SSSR count). The van der Waals surface area contributed by atoms with Crippen molar-refractivity contribution in [3.63, 3.8) is 0 Å². The first-order valence-electron chi connectivity index (χ1n) is 29.8. The zero-order valence-corrected chi connectivity index (χ0v) is 47.4. The van der Waals surface area contributed by atoms with Crippen LogP contribution in [0.25, 0.3) is 72.0 Å². The van der Waals surface area contributed by atoms with Crippen molar-refractivity contribution in [2.24, 2.45) is 0 Å². The van der Waals surface area contributed by atoms with Crippen LogP contribution in [0, 0.1) is 0 Å². The average Bonchev–Trinajstić information content (AvgIpc) is 1.66. The maximum Gasteiger partial charge on any atom is 0.0713 e. The quantitative estimate of drug-likeness (QED) is 0.140. The molecule has 0 bridgehead atoms. The Kier molecular flexibility index (Phi) is 10.8. The highest BCUT2D eigenvalue weighted by Gasteiger charge is 2.48. The maximum absolute atomic E-state index is 2.50. The molecule has 0 radical (unpaired) electrons. The van der Waals surface area contributed by atoms with Crippen LogP contribution < -0.4 is 4.90 Å². The van der Waals surface area contributed by atoms with Gasteiger partial charge in [0, 0.05) is 38.9 Å². The third-order valence-electron chi connectivity index (χ3n) is 19.4. The molecule has 2 heteroatoms. The summed E-state index contributed by atoms with van der Waals surface area (Å²) in [6, 6.07) is 118. The zero-order valence-electron chi connectivity index (χ0n) is 47.4. The van der Waals surface area contributed by atoms with E-state index in [4.69, 9.17) is 0 Å². The number of aromatic nitrogens is 1. The summed E-state index contributed by atoms with van der Waals surface area (Å²) in [6.45, 7) is 4.75. The molecule has 3 aliphatic carbocycles. The van der Waals surface area contributed by atoms with E-state index in [0.29, 0.717) is 0 Å². The van der Waals surface area contributed by atoms with Crippen molar-refractivity contribution in [3.8, 4) is 50.2 Å². The molecule has 0 N–H and O–H groups in total. The lowest BCUT2D eigenvalue weighted by molar-refractivity contribution is 0.660. The first kappa shape index (κ1) is 49.1. The molecule has 1 aromatic heterocycles. The molecule has 2 nitrogen and oxygen atoms in total. The molecule has 0 atom stereocenters. The highest BCUT2D eigenvalue weighted by Crippen LogP contribution is 2.59. The normalized spacial score (nSPS) is 14.3. The van der Waals surface area contributed by atoms with E-state index in [1.807, 2.05) is 0 Å². The van der Waals surface area contributed by atoms with Crippen molar-refractivity contribution in [1.82, 2.24) is 4.57 Å². The van der Waals surface area contributed by atoms with Crippen LogP contribution in [0.3, 0.4) is 0 Å². The molecule has 13 aromatic carbocycles. The molecular weight excluding hydrogens is 1020 g/mol. The Morgan fingerprint density at radius 2 is 0.624 bits per heavy atom. The van der Waals surface area contributed by atoms with Crippen LogP contribution in [0.4, 0.5) is 17.1 Å². The number of hydrogen-bond acceptors (Lipinski definition) is 1. The summed E-state index contributed by atoms with van der Waals surface area (Å²) in [7, 11) is 0. The lowest BCUT2D eigenvalue weighted by atomic mass is 9.67. The van der Waals surface area contributed by atoms with Gasteiger partial charge in [-0.2, -0.15) is 0 Å². The Bertz CT molecular complexity index is 4860. The van der Waals surface area contributed by atoms with Gasteiger partial charge in [-0.25, -0.2) is 0 Å². The van der Waals surface area contributed by atoms with E-state index < -0.39 is 10.8 Å². The van der Waals surface area contributed by atoms with Crippen LogP contribution >= 0.6 is 0 Å². The van der Waals surface area contributed by atoms with Gasteiger partial charge in [0.1, 0.15) is 0 Å². The van der Waals surface area contributed by atoms with E-state index in [9.17, 15) is 0 Å². The minimum atomic E-state index is -0.515. The van der Waals surface area contributed by atoms with E-state index in [0.717, 1.165) is 28.3 Å². The van der Waals surface area contributed by atoms with Gasteiger partial charge in [-0.15, -0.1) is 0 Å². The number of rotatable bonds is 9. The molecule has 85 heavy (non-hydrogen) atoms. The van der Waals surface area contributed by atoms with Gasteiger partial charge in [0.25, 0.3) is 0 Å². The fourth-order valence-electron chi connectivity index (χ4n) is 15.7. The number of hydrogen-bond donors (Lipinski definition) is 0. The van der Waals surface area contributed by atoms with E-state index >= 15 is 0 Å². The molecule has 14 aromatic rings. The van der Waals surface area contributed by atoms with E-state index in [-0.39, 0.29) is 5.41 Å². The number of nitrogens with zero attached hydrogens (tertiary/aromatic N) is 2. The second-order valence-electron chi connectivity index (χ2n) is 23.9. The highest BCUT2D eigenvalue weighted by molar-refractivity contribution is 6.11. The first-order valence-corrected chi connectivity index (χ1v) is 29.8. The fourth-order valence-corrected chi connectivity index (χ4v) is 15.7. The standard InChI is InChI=1S/C83H58N2/c1-81(2)73-33-17-12-28-65(73)70-49-48-64(54-78(70)81)84(63-46-41-59(42-47-63)82(57-22-6-3-7-23-57)74-34-18-13-29-66(74)67-30-14-19-35-75(67)82)62-44-38-55(39-45-62)56-40-50-79-71(52-56)72-53-60(43-51-80(72)85(79)61-26-10-5-11-27-61)83(58-24-8-4-9-25-58)76-36-20-15-31-68(76)69-32-16-21-37-77(69)83/h3-54H,1-2H3. The van der Waals surface area contributed by atoms with E-state index in [1.165, 1.54) is 116 Å². The van der Waals surface area contributed by atoms with Gasteiger partial charge < -0.3 is 9.47 Å². The lowest BCUT2D eigenvalue weighted by Gasteiger charge is -2.34. The third kappa shape index (κ3) is 7.00. The molecule has 400 valence electrons. The lowest BCUT2D eigenvalue weighted by Crippen LogP contribution is -2.28. The van der Waals surface area contributed by atoms with Crippen LogP contribution in [0.15, 0.2) is 315 Å². The van der Waals surface area contributed by atoms with Crippen molar-refractivity contribution in [2.45, 2.75) is 30.1 Å². The molecule has 0 spiro atoms. The van der Waals surface area contributed by atoms with Gasteiger partial charge in [-0.1, -0.05) is 257 Å². The number of benzene rings is 13. The van der Waals surface area contributed by atoms with Gasteiger partial charge >= 0.3 is 0 Å². The monoisotopic (exact) mass is 1080 g/mol. The van der Waals surface area contributed by atoms with Gasteiger partial charge in [-0.05, 0) is 173 Å². The number of anilines is 3. The molecular formula is C83H58N2. The molecule has 0 aliphatic heterocycles. The van der Waals surface area contributed by atoms with Gasteiger partial charge in [0.05, 0.1) is 21.9 Å². The predicted molar refractivity (Wildman–Crippen MR) is 353 cm³/mol. The summed E-state index contributed by atoms with van der Waals surface area (Å²) in [5, 5.41) is 2.44. The second kappa shape index (κ2) is 18.7. The largest absolute Gasteiger partial charge is 0.310 e. The smallest absolute Gasteiger partial charge is 0.0713 e. The highest BCUT2D eigenvalue weighted by atomic mass is 15.1. The Labute approximate surface area is 496 Å². The predicted octanol–water partition coefficient (Wildman–Crippen LogP) is 21.0. The van der Waals surface area contributed by atoms with Crippen molar-refractivity contribution >= 4 is 38.9 Å². The van der Waals surface area contributed by atoms with E-state index in [2.05, 4.69) is 339 Å². The Morgan fingerprint density at radius 3 is 1.15 bits per heavy atom. The summed E-state index contributed by atoms with van der Waals surface area (Å²) < 4.78 is 2.44. The van der Waals surface area contributed by atoms with Gasteiger partial charge in [0.15, 0.2) is 0 Å². The molecule has 0 unspecified atom stereocenters. The summed E-state index contributed by atoms with van der Waals surface area (Å²) >= 11 is 0. The van der Waals surface area contributed by atoms with Crippen LogP contribution in [-0.4, -0.2) is 4.57 Å². The summed E-state index contributed by atoms with van der Waals surface area (Å²) in [6.07, 6.45) is 0. The van der Waals surface area contributed by atoms with Crippen molar-refractivity contribution < 1.29 is 0 Å². The molecule has 3 aliphatic rings. The molecule has 0 saturated heterocycles. The SMILES string of the molecule is CC1(C)c2ccccc2-c2ccc(N(c3ccc(-c4ccc5c(c4)c4cc(C6(c7ccccc7)c7ccccc7-c7ccccc76)ccc4n5-c4ccccc4)cc3)c3ccc(C4(c5ccccc5)c5ccccc5-c5ccccc54)cc3)cc21. The van der Waals surface area contributed by atoms with Gasteiger partial charge in [0.2, 0.25) is 0 Å². The van der Waals surface area contributed by atoms with Gasteiger partial charge in [-0.3, -0.25) is 0 Å². The minimum Gasteiger partial charge on any atom is -0.310 e. The summed E-state index contributed by atoms with van der Waals surface area (Å²) in [4.78, 5) is 2.46. The maximum atomic E-state index is 2.50. The van der Waals surface area contributed by atoms with Crippen LogP contribution in [0.1, 0.15) is 69.5 Å². The number of para-hydroxylation sites is 1. The van der Waals surface area contributed by atoms with Crippen LogP contribution in [-0.2, 0) is 16.2 Å². The van der Waals surface area contributed by atoms with Crippen molar-refractivity contribution in [2.75, 3.05) is 4.90 Å². The van der Waals surface area contributed by atoms with Crippen LogP contribution in [0.5, 0.6) is 0 Å². The second-order valence-corrected chi connectivity index (χ2v) is 23.9. The number of fused-ring (bicyclic) bond motifs is 12. The fraction of sp³-hybridized carbons (Fsp3) is 0.0602. The molecule has 1 heterocycles. The average molecular weight is 1080 g/mol. The Balaban J connectivity index is 0.821. The summed E-state index contributed by atoms with van der Waals surface area (Å²) in [5.41, 5.74) is 28.7. The first-order chi connectivity index (χ1) is 41.9. The van der Waals surface area contributed by atoms with Crippen molar-refractivity contribution in [1.29, 1.82) is 0 Å². The molecule has 0 saturated carbocycles. The third-order valence-corrected chi connectivity index (χ3v) is 19.4. The van der Waals surface area contributed by atoms with Crippen LogP contribution in [0.2, 0.25) is 0 Å².